The zero-order valence-corrected chi connectivity index (χ0v) is 9.97. The van der Waals surface area contributed by atoms with Crippen LogP contribution in [0.5, 0.6) is 0 Å². The van der Waals surface area contributed by atoms with Gasteiger partial charge in [0.25, 0.3) is 0 Å². The van der Waals surface area contributed by atoms with Crippen LogP contribution in [-0.2, 0) is 0 Å². The van der Waals surface area contributed by atoms with Crippen molar-refractivity contribution in [1.29, 1.82) is 0 Å². The zero-order chi connectivity index (χ0) is 10.8. The van der Waals surface area contributed by atoms with E-state index < -0.39 is 0 Å². The molecule has 0 radical (unpaired) electrons. The summed E-state index contributed by atoms with van der Waals surface area (Å²) in [5.41, 5.74) is 0.612. The van der Waals surface area contributed by atoms with E-state index in [1.54, 1.807) is 18.2 Å². The highest BCUT2D eigenvalue weighted by Crippen LogP contribution is 2.17. The molecule has 0 atom stereocenters. The average molecular weight is 284 g/mol. The lowest BCUT2D eigenvalue weighted by Crippen LogP contribution is -2.01. The molecule has 0 amide bonds. The third kappa shape index (κ3) is 2.13. The minimum Gasteiger partial charge on any atom is -0.293 e. The standard InChI is InChI=1S/C10H6BrNO2S/c11-4-8(13)6-1-2-7-5-12-10(14)15-9(7)3-6/h1-3,5H,4H2. The van der Waals surface area contributed by atoms with E-state index in [-0.39, 0.29) is 10.7 Å². The minimum absolute atomic E-state index is 0.00774. The maximum absolute atomic E-state index is 11.4. The van der Waals surface area contributed by atoms with Crippen molar-refractivity contribution in [3.8, 4) is 0 Å². The number of hydrogen-bond acceptors (Lipinski definition) is 4. The van der Waals surface area contributed by atoms with Gasteiger partial charge in [-0.25, -0.2) is 4.98 Å². The molecule has 2 aromatic rings. The summed E-state index contributed by atoms with van der Waals surface area (Å²) in [5, 5.41) is 1.17. The summed E-state index contributed by atoms with van der Waals surface area (Å²) in [6.45, 7) is 0. The Morgan fingerprint density at radius 3 is 3.00 bits per heavy atom. The molecule has 15 heavy (non-hydrogen) atoms. The molecule has 0 aliphatic carbocycles. The van der Waals surface area contributed by atoms with Gasteiger partial charge >= 0.3 is 4.87 Å². The van der Waals surface area contributed by atoms with Crippen LogP contribution in [-0.4, -0.2) is 16.1 Å². The summed E-state index contributed by atoms with van der Waals surface area (Å²) >= 11 is 4.16. The minimum atomic E-state index is -0.244. The number of aromatic nitrogens is 1. The summed E-state index contributed by atoms with van der Waals surface area (Å²) in [6, 6.07) is 5.27. The van der Waals surface area contributed by atoms with E-state index in [1.165, 1.54) is 6.20 Å². The van der Waals surface area contributed by atoms with E-state index in [4.69, 9.17) is 0 Å². The van der Waals surface area contributed by atoms with Gasteiger partial charge in [0.2, 0.25) is 0 Å². The van der Waals surface area contributed by atoms with Crippen molar-refractivity contribution in [2.75, 3.05) is 5.33 Å². The topological polar surface area (TPSA) is 47.0 Å². The third-order valence-corrected chi connectivity index (χ3v) is 3.33. The van der Waals surface area contributed by atoms with Crippen LogP contribution < -0.4 is 4.87 Å². The number of fused-ring (bicyclic) bond motifs is 1. The van der Waals surface area contributed by atoms with Gasteiger partial charge < -0.3 is 0 Å². The van der Waals surface area contributed by atoms with E-state index in [1.807, 2.05) is 0 Å². The number of carbonyl (C=O) groups excluding carboxylic acids is 1. The van der Waals surface area contributed by atoms with Gasteiger partial charge in [0.15, 0.2) is 5.78 Å². The molecule has 0 bridgehead atoms. The molecular weight excluding hydrogens is 278 g/mol. The van der Waals surface area contributed by atoms with Gasteiger partial charge in [-0.15, -0.1) is 0 Å². The second kappa shape index (κ2) is 4.20. The largest absolute Gasteiger partial charge is 0.326 e. The van der Waals surface area contributed by atoms with Crippen molar-refractivity contribution in [3.63, 3.8) is 0 Å². The summed E-state index contributed by atoms with van der Waals surface area (Å²) in [6.07, 6.45) is 1.52. The highest BCUT2D eigenvalue weighted by Gasteiger charge is 2.05. The van der Waals surface area contributed by atoms with Crippen LogP contribution in [0.2, 0.25) is 0 Å². The maximum Gasteiger partial charge on any atom is 0.326 e. The van der Waals surface area contributed by atoms with Crippen LogP contribution >= 0.6 is 27.3 Å². The average Bonchev–Trinajstić information content (AvgIpc) is 2.27. The monoisotopic (exact) mass is 283 g/mol. The number of alkyl halides is 1. The highest BCUT2D eigenvalue weighted by atomic mass is 79.9. The van der Waals surface area contributed by atoms with Crippen molar-refractivity contribution in [1.82, 2.24) is 4.98 Å². The van der Waals surface area contributed by atoms with E-state index >= 15 is 0 Å². The molecule has 1 aromatic carbocycles. The molecule has 1 aromatic heterocycles. The molecule has 0 N–H and O–H groups in total. The molecule has 0 spiro atoms. The van der Waals surface area contributed by atoms with Crippen molar-refractivity contribution in [2.45, 2.75) is 0 Å². The van der Waals surface area contributed by atoms with E-state index in [9.17, 15) is 9.59 Å². The first-order chi connectivity index (χ1) is 7.20. The van der Waals surface area contributed by atoms with Crippen molar-refractivity contribution in [2.24, 2.45) is 0 Å². The number of benzene rings is 1. The first kappa shape index (κ1) is 10.4. The molecule has 3 nitrogen and oxygen atoms in total. The van der Waals surface area contributed by atoms with Crippen molar-refractivity contribution >= 4 is 43.1 Å². The van der Waals surface area contributed by atoms with Gasteiger partial charge in [0.05, 0.1) is 5.33 Å². The molecule has 0 aliphatic rings. The summed E-state index contributed by atoms with van der Waals surface area (Å²) < 4.78 is 0.793. The second-order valence-electron chi connectivity index (χ2n) is 2.94. The molecule has 0 aliphatic heterocycles. The molecule has 76 valence electrons. The number of Topliss-reactive ketones (excluding diaryl/α,β-unsaturated/α-hetero) is 1. The van der Waals surface area contributed by atoms with Crippen LogP contribution in [0, 0.1) is 0 Å². The molecule has 0 unspecified atom stereocenters. The Balaban J connectivity index is 2.64. The first-order valence-electron chi connectivity index (χ1n) is 4.20. The Labute approximate surface area is 97.9 Å². The van der Waals surface area contributed by atoms with Crippen LogP contribution in [0.15, 0.2) is 29.2 Å². The van der Waals surface area contributed by atoms with Crippen LogP contribution in [0.4, 0.5) is 0 Å². The SMILES string of the molecule is O=C(CBr)c1ccc2cnc(=O)sc2c1. The number of halogens is 1. The number of hydrogen-bond donors (Lipinski definition) is 0. The Hall–Kier alpha value is -1.07. The third-order valence-electron chi connectivity index (χ3n) is 1.96. The van der Waals surface area contributed by atoms with Gasteiger partial charge in [0.1, 0.15) is 0 Å². The fraction of sp³-hybridized carbons (Fsp3) is 0.100. The normalized spacial score (nSPS) is 10.5. The predicted molar refractivity (Wildman–Crippen MR) is 64.0 cm³/mol. The lowest BCUT2D eigenvalue weighted by molar-refractivity contribution is 0.102. The van der Waals surface area contributed by atoms with Gasteiger partial charge in [-0.3, -0.25) is 9.59 Å². The van der Waals surface area contributed by atoms with E-state index in [2.05, 4.69) is 20.9 Å². The fourth-order valence-corrected chi connectivity index (χ4v) is 2.26. The van der Waals surface area contributed by atoms with Crippen LogP contribution in [0.3, 0.4) is 0 Å². The van der Waals surface area contributed by atoms with Gasteiger partial charge in [-0.2, -0.15) is 0 Å². The number of ketones is 1. The fourth-order valence-electron chi connectivity index (χ4n) is 1.22. The smallest absolute Gasteiger partial charge is 0.293 e. The highest BCUT2D eigenvalue weighted by molar-refractivity contribution is 9.09. The molecule has 0 saturated carbocycles. The predicted octanol–water partition coefficient (Wildman–Crippen LogP) is 2.23. The maximum atomic E-state index is 11.4. The second-order valence-corrected chi connectivity index (χ2v) is 4.49. The number of rotatable bonds is 2. The Bertz CT molecular complexity index is 579. The van der Waals surface area contributed by atoms with Gasteiger partial charge in [0, 0.05) is 21.8 Å². The number of nitrogens with zero attached hydrogens (tertiary/aromatic N) is 1. The van der Waals surface area contributed by atoms with Crippen LogP contribution in [0.25, 0.3) is 10.1 Å². The molecular formula is C10H6BrNO2S. The van der Waals surface area contributed by atoms with E-state index in [0.717, 1.165) is 21.4 Å². The van der Waals surface area contributed by atoms with Crippen LogP contribution in [0.1, 0.15) is 10.4 Å². The molecule has 5 heteroatoms. The molecule has 0 saturated heterocycles. The first-order valence-corrected chi connectivity index (χ1v) is 6.13. The van der Waals surface area contributed by atoms with Gasteiger partial charge in [-0.05, 0) is 6.07 Å². The summed E-state index contributed by atoms with van der Waals surface area (Å²) in [4.78, 5) is 25.9. The van der Waals surface area contributed by atoms with Crippen molar-refractivity contribution < 1.29 is 4.79 Å². The lowest BCUT2D eigenvalue weighted by Gasteiger charge is -1.98. The van der Waals surface area contributed by atoms with Crippen molar-refractivity contribution in [3.05, 3.63) is 39.6 Å². The summed E-state index contributed by atoms with van der Waals surface area (Å²) in [5.74, 6) is 0.00774. The van der Waals surface area contributed by atoms with E-state index in [0.29, 0.717) is 10.9 Å². The molecule has 1 heterocycles. The summed E-state index contributed by atoms with van der Waals surface area (Å²) in [7, 11) is 0. The molecule has 0 fully saturated rings. The molecule has 2 rings (SSSR count). The Morgan fingerprint density at radius 1 is 1.47 bits per heavy atom. The Kier molecular flexibility index (Phi) is 2.93. The number of carbonyl (C=O) groups is 1. The Morgan fingerprint density at radius 2 is 2.27 bits per heavy atom. The quantitative estimate of drug-likeness (QED) is 0.627. The van der Waals surface area contributed by atoms with Gasteiger partial charge in [-0.1, -0.05) is 39.4 Å². The zero-order valence-electron chi connectivity index (χ0n) is 7.57. The lowest BCUT2D eigenvalue weighted by atomic mass is 10.1.